The van der Waals surface area contributed by atoms with Gasteiger partial charge < -0.3 is 10.2 Å². The number of nitrogens with zero attached hydrogens (tertiary/aromatic N) is 4. The molecule has 0 bridgehead atoms. The van der Waals surface area contributed by atoms with Crippen LogP contribution >= 0.6 is 11.3 Å². The number of benzene rings is 2. The normalized spacial score (nSPS) is 10.3. The van der Waals surface area contributed by atoms with Crippen molar-refractivity contribution in [3.63, 3.8) is 0 Å². The number of aromatic nitrogens is 1. The highest BCUT2D eigenvalue weighted by atomic mass is 32.1. The van der Waals surface area contributed by atoms with Crippen molar-refractivity contribution in [2.24, 2.45) is 0 Å². The van der Waals surface area contributed by atoms with Gasteiger partial charge in [0.25, 0.3) is 5.39 Å². The molecule has 138 valence electrons. The second-order valence-corrected chi connectivity index (χ2v) is 6.98. The minimum Gasteiger partial charge on any atom is -0.372 e. The van der Waals surface area contributed by atoms with Gasteiger partial charge in [0.15, 0.2) is 5.13 Å². The Kier molecular flexibility index (Phi) is 5.89. The van der Waals surface area contributed by atoms with Crippen LogP contribution in [0.25, 0.3) is 16.3 Å². The molecule has 0 amide bonds. The highest BCUT2D eigenvalue weighted by Gasteiger charge is 2.09. The SMILES string of the molecule is CCN(CC)c1ccc(Nc2nc(-c3ccc(N[N+]#N)cc3)cs2)c(C)c1. The molecule has 1 aromatic heterocycles. The number of thiazole rings is 1. The van der Waals surface area contributed by atoms with Gasteiger partial charge in [0.1, 0.15) is 5.69 Å². The van der Waals surface area contributed by atoms with Crippen molar-refractivity contribution in [1.29, 1.82) is 5.39 Å². The summed E-state index contributed by atoms with van der Waals surface area (Å²) in [7, 11) is 0. The van der Waals surface area contributed by atoms with E-state index in [1.165, 1.54) is 11.3 Å². The molecule has 0 aliphatic rings. The predicted octanol–water partition coefficient (Wildman–Crippen LogP) is 5.89. The molecule has 2 aromatic carbocycles. The van der Waals surface area contributed by atoms with Crippen LogP contribution in [0.1, 0.15) is 19.4 Å². The number of diazo groups is 1. The van der Waals surface area contributed by atoms with E-state index in [4.69, 9.17) is 5.39 Å². The van der Waals surface area contributed by atoms with Crippen LogP contribution in [-0.4, -0.2) is 18.1 Å². The molecule has 2 N–H and O–H groups in total. The van der Waals surface area contributed by atoms with Gasteiger partial charge in [-0.1, -0.05) is 12.1 Å². The van der Waals surface area contributed by atoms with E-state index in [9.17, 15) is 0 Å². The Balaban J connectivity index is 1.75. The van der Waals surface area contributed by atoms with Gasteiger partial charge in [-0.15, -0.1) is 11.3 Å². The lowest BCUT2D eigenvalue weighted by atomic mass is 10.1. The van der Waals surface area contributed by atoms with Crippen molar-refractivity contribution < 1.29 is 0 Å². The number of nitrogens with one attached hydrogen (secondary N) is 2. The molecular formula is C20H23N6S+. The lowest BCUT2D eigenvalue weighted by Gasteiger charge is -2.22. The molecular weight excluding hydrogens is 356 g/mol. The molecule has 6 nitrogen and oxygen atoms in total. The highest BCUT2D eigenvalue weighted by molar-refractivity contribution is 7.14. The molecule has 0 radical (unpaired) electrons. The average molecular weight is 380 g/mol. The quantitative estimate of drug-likeness (QED) is 0.396. The van der Waals surface area contributed by atoms with Crippen molar-refractivity contribution in [3.8, 4) is 11.3 Å². The molecule has 0 atom stereocenters. The monoisotopic (exact) mass is 379 g/mol. The lowest BCUT2D eigenvalue weighted by molar-refractivity contribution is 0.866. The van der Waals surface area contributed by atoms with Crippen LogP contribution < -0.4 is 15.6 Å². The van der Waals surface area contributed by atoms with Crippen LogP contribution in [0, 0.1) is 12.3 Å². The van der Waals surface area contributed by atoms with Crippen molar-refractivity contribution in [2.75, 3.05) is 28.7 Å². The first kappa shape index (κ1) is 18.7. The summed E-state index contributed by atoms with van der Waals surface area (Å²) < 4.78 is 0. The number of aryl methyl sites for hydroxylation is 1. The minimum absolute atomic E-state index is 0.721. The first-order valence-electron chi connectivity index (χ1n) is 8.93. The van der Waals surface area contributed by atoms with Gasteiger partial charge >= 0.3 is 5.08 Å². The van der Waals surface area contributed by atoms with Crippen LogP contribution in [0.15, 0.2) is 47.8 Å². The number of anilines is 4. The fourth-order valence-electron chi connectivity index (χ4n) is 2.93. The third kappa shape index (κ3) is 4.36. The van der Waals surface area contributed by atoms with Gasteiger partial charge in [0, 0.05) is 35.4 Å². The molecule has 1 heterocycles. The second-order valence-electron chi connectivity index (χ2n) is 6.12. The molecule has 3 rings (SSSR count). The molecule has 0 unspecified atom stereocenters. The molecule has 0 saturated carbocycles. The zero-order valence-electron chi connectivity index (χ0n) is 15.7. The first-order chi connectivity index (χ1) is 13.1. The standard InChI is InChI=1S/C20H23N6S/c1-4-26(5-2)17-10-11-18(14(3)12-17)22-20-23-19(13-27-20)15-6-8-16(9-7-15)24-25-21/h6-13,24H,4-5H2,1-3H3,(H,22,23)/q+1. The van der Waals surface area contributed by atoms with Crippen LogP contribution in [0.2, 0.25) is 0 Å². The largest absolute Gasteiger partial charge is 0.372 e. The third-order valence-corrected chi connectivity index (χ3v) is 5.20. The smallest absolute Gasteiger partial charge is 0.308 e. The van der Waals surface area contributed by atoms with Gasteiger partial charge in [-0.25, -0.2) is 4.98 Å². The van der Waals surface area contributed by atoms with Gasteiger partial charge in [-0.3, -0.25) is 0 Å². The van der Waals surface area contributed by atoms with E-state index < -0.39 is 0 Å². The van der Waals surface area contributed by atoms with Crippen LogP contribution in [0.3, 0.4) is 0 Å². The third-order valence-electron chi connectivity index (χ3n) is 4.44. The maximum atomic E-state index is 8.54. The van der Waals surface area contributed by atoms with E-state index in [1.807, 2.05) is 29.6 Å². The van der Waals surface area contributed by atoms with Crippen LogP contribution in [0.5, 0.6) is 0 Å². The summed E-state index contributed by atoms with van der Waals surface area (Å²) in [5.41, 5.74) is 8.64. The summed E-state index contributed by atoms with van der Waals surface area (Å²) in [6.07, 6.45) is 0. The Bertz CT molecular complexity index is 938. The Morgan fingerprint density at radius 2 is 1.85 bits per heavy atom. The fraction of sp³-hybridized carbons (Fsp3) is 0.250. The summed E-state index contributed by atoms with van der Waals surface area (Å²) in [4.78, 5) is 7.02. The molecule has 27 heavy (non-hydrogen) atoms. The number of hydrogen-bond acceptors (Lipinski definition) is 6. The lowest BCUT2D eigenvalue weighted by Crippen LogP contribution is -2.21. The van der Waals surface area contributed by atoms with Gasteiger partial charge in [0.2, 0.25) is 0 Å². The van der Waals surface area contributed by atoms with Crippen LogP contribution in [0.4, 0.5) is 22.2 Å². The minimum atomic E-state index is 0.721. The van der Waals surface area contributed by atoms with E-state index in [0.717, 1.165) is 40.9 Å². The number of hydrogen-bond donors (Lipinski definition) is 2. The van der Waals surface area contributed by atoms with Crippen LogP contribution in [-0.2, 0) is 0 Å². The van der Waals surface area contributed by atoms with Crippen molar-refractivity contribution in [2.45, 2.75) is 20.8 Å². The maximum Gasteiger partial charge on any atom is 0.308 e. The molecule has 7 heteroatoms. The van der Waals surface area contributed by atoms with Gasteiger partial charge in [0.05, 0.1) is 5.69 Å². The van der Waals surface area contributed by atoms with E-state index in [0.29, 0.717) is 0 Å². The molecule has 3 aromatic rings. The predicted molar refractivity (Wildman–Crippen MR) is 114 cm³/mol. The summed E-state index contributed by atoms with van der Waals surface area (Å²) in [6.45, 7) is 8.45. The zero-order chi connectivity index (χ0) is 19.2. The van der Waals surface area contributed by atoms with E-state index in [-0.39, 0.29) is 0 Å². The molecule has 0 aliphatic heterocycles. The maximum absolute atomic E-state index is 8.54. The average Bonchev–Trinajstić information content (AvgIpc) is 3.14. The summed E-state index contributed by atoms with van der Waals surface area (Å²) in [5.74, 6) is 0. The number of rotatable bonds is 7. The summed E-state index contributed by atoms with van der Waals surface area (Å²) in [6, 6.07) is 14.0. The zero-order valence-corrected chi connectivity index (χ0v) is 16.5. The van der Waals surface area contributed by atoms with E-state index in [1.54, 1.807) is 11.3 Å². The van der Waals surface area contributed by atoms with Gasteiger partial charge in [-0.2, -0.15) is 0 Å². The molecule has 0 spiro atoms. The molecule has 0 fully saturated rings. The first-order valence-corrected chi connectivity index (χ1v) is 9.81. The Hall–Kier alpha value is -3.11. The molecule has 0 saturated heterocycles. The van der Waals surface area contributed by atoms with Crippen molar-refractivity contribution in [1.82, 2.24) is 4.98 Å². The summed E-state index contributed by atoms with van der Waals surface area (Å²) >= 11 is 1.58. The van der Waals surface area contributed by atoms with Crippen molar-refractivity contribution in [3.05, 3.63) is 58.5 Å². The Morgan fingerprint density at radius 1 is 1.11 bits per heavy atom. The summed E-state index contributed by atoms with van der Waals surface area (Å²) in [5, 5.41) is 17.8. The van der Waals surface area contributed by atoms with E-state index in [2.05, 4.69) is 64.7 Å². The Labute approximate surface area is 163 Å². The van der Waals surface area contributed by atoms with Gasteiger partial charge in [-0.05, 0) is 62.1 Å². The fourth-order valence-corrected chi connectivity index (χ4v) is 3.66. The Morgan fingerprint density at radius 3 is 2.48 bits per heavy atom. The highest BCUT2D eigenvalue weighted by Crippen LogP contribution is 2.30. The second kappa shape index (κ2) is 8.52. The molecule has 0 aliphatic carbocycles. The van der Waals surface area contributed by atoms with Crippen molar-refractivity contribution >= 4 is 33.5 Å². The van der Waals surface area contributed by atoms with E-state index >= 15 is 0 Å². The topological polar surface area (TPSA) is 68.3 Å².